The molecular weight excluding hydrogens is 328 g/mol. The molecule has 1 amide bonds. The molecule has 0 radical (unpaired) electrons. The van der Waals surface area contributed by atoms with Gasteiger partial charge in [0.25, 0.3) is 5.91 Å². The van der Waals surface area contributed by atoms with E-state index in [1.165, 1.54) is 0 Å². The Morgan fingerprint density at radius 2 is 1.90 bits per heavy atom. The lowest BCUT2D eigenvalue weighted by atomic mass is 10.1. The molecule has 3 nitrogen and oxygen atoms in total. The highest BCUT2D eigenvalue weighted by molar-refractivity contribution is 9.10. The lowest BCUT2D eigenvalue weighted by Gasteiger charge is -2.15. The molecule has 2 rings (SSSR count). The molecule has 0 fully saturated rings. The molecular formula is C17H19BrN2O. The Morgan fingerprint density at radius 1 is 1.19 bits per heavy atom. The largest absolute Gasteiger partial charge is 0.322 e. The molecule has 4 heteroatoms. The van der Waals surface area contributed by atoms with Crippen LogP contribution in [0.3, 0.4) is 0 Å². The van der Waals surface area contributed by atoms with Crippen LogP contribution in [-0.4, -0.2) is 24.9 Å². The molecule has 0 saturated carbocycles. The third-order valence-corrected chi connectivity index (χ3v) is 3.69. The molecule has 0 saturated heterocycles. The molecule has 1 N–H and O–H groups in total. The number of anilines is 1. The number of nitrogens with one attached hydrogen (secondary N) is 1. The summed E-state index contributed by atoms with van der Waals surface area (Å²) in [7, 11) is 4.02. The van der Waals surface area contributed by atoms with Gasteiger partial charge in [0.1, 0.15) is 0 Å². The number of amides is 1. The first-order valence-electron chi connectivity index (χ1n) is 6.77. The van der Waals surface area contributed by atoms with Crippen molar-refractivity contribution in [1.82, 2.24) is 4.90 Å². The first-order chi connectivity index (χ1) is 9.97. The molecule has 0 atom stereocenters. The highest BCUT2D eigenvalue weighted by atomic mass is 79.9. The molecule has 0 aliphatic rings. The van der Waals surface area contributed by atoms with E-state index in [-0.39, 0.29) is 5.91 Å². The Morgan fingerprint density at radius 3 is 2.62 bits per heavy atom. The van der Waals surface area contributed by atoms with Crippen molar-refractivity contribution in [3.05, 3.63) is 63.6 Å². The lowest BCUT2D eigenvalue weighted by molar-refractivity contribution is 0.102. The average Bonchev–Trinajstić information content (AvgIpc) is 2.43. The van der Waals surface area contributed by atoms with Crippen molar-refractivity contribution < 1.29 is 4.79 Å². The number of hydrogen-bond donors (Lipinski definition) is 1. The van der Waals surface area contributed by atoms with Crippen LogP contribution in [0.15, 0.2) is 46.9 Å². The molecule has 2 aromatic carbocycles. The van der Waals surface area contributed by atoms with Gasteiger partial charge < -0.3 is 10.2 Å². The van der Waals surface area contributed by atoms with Crippen molar-refractivity contribution in [2.45, 2.75) is 13.5 Å². The van der Waals surface area contributed by atoms with Crippen LogP contribution in [0.25, 0.3) is 0 Å². The maximum Gasteiger partial charge on any atom is 0.255 e. The van der Waals surface area contributed by atoms with Gasteiger partial charge in [0, 0.05) is 22.3 Å². The van der Waals surface area contributed by atoms with Crippen molar-refractivity contribution >= 4 is 27.5 Å². The smallest absolute Gasteiger partial charge is 0.255 e. The second kappa shape index (κ2) is 6.87. The predicted molar refractivity (Wildman–Crippen MR) is 90.7 cm³/mol. The van der Waals surface area contributed by atoms with Crippen LogP contribution < -0.4 is 5.32 Å². The van der Waals surface area contributed by atoms with Crippen LogP contribution in [0.5, 0.6) is 0 Å². The fourth-order valence-electron chi connectivity index (χ4n) is 2.15. The second-order valence-corrected chi connectivity index (χ2v) is 6.22. The minimum atomic E-state index is -0.0833. The number of rotatable bonds is 4. The third kappa shape index (κ3) is 4.16. The Bertz CT molecular complexity index is 653. The van der Waals surface area contributed by atoms with Gasteiger partial charge >= 0.3 is 0 Å². The van der Waals surface area contributed by atoms with Gasteiger partial charge in [0.05, 0.1) is 0 Å². The summed E-state index contributed by atoms with van der Waals surface area (Å²) < 4.78 is 0.903. The van der Waals surface area contributed by atoms with Crippen LogP contribution in [0.1, 0.15) is 21.5 Å². The van der Waals surface area contributed by atoms with Crippen LogP contribution in [0.4, 0.5) is 5.69 Å². The Labute approximate surface area is 134 Å². The van der Waals surface area contributed by atoms with Gasteiger partial charge in [-0.2, -0.15) is 0 Å². The quantitative estimate of drug-likeness (QED) is 0.904. The summed E-state index contributed by atoms with van der Waals surface area (Å²) in [5, 5.41) is 3.01. The molecule has 0 aromatic heterocycles. The van der Waals surface area contributed by atoms with E-state index in [0.717, 1.165) is 27.8 Å². The van der Waals surface area contributed by atoms with E-state index < -0.39 is 0 Å². The normalized spacial score (nSPS) is 10.7. The number of benzene rings is 2. The number of carbonyl (C=O) groups is 1. The summed E-state index contributed by atoms with van der Waals surface area (Å²) >= 11 is 3.41. The van der Waals surface area contributed by atoms with Crippen molar-refractivity contribution in [3.8, 4) is 0 Å². The van der Waals surface area contributed by atoms with E-state index in [9.17, 15) is 4.79 Å². The van der Waals surface area contributed by atoms with E-state index in [1.807, 2.05) is 63.5 Å². The lowest BCUT2D eigenvalue weighted by Crippen LogP contribution is -2.17. The van der Waals surface area contributed by atoms with Crippen molar-refractivity contribution in [3.63, 3.8) is 0 Å². The number of hydrogen-bond acceptors (Lipinski definition) is 2. The maximum absolute atomic E-state index is 12.5. The third-order valence-electron chi connectivity index (χ3n) is 3.20. The monoisotopic (exact) mass is 346 g/mol. The number of aryl methyl sites for hydroxylation is 1. The molecule has 110 valence electrons. The molecule has 0 unspecified atom stereocenters. The van der Waals surface area contributed by atoms with Gasteiger partial charge in [0.15, 0.2) is 0 Å². The first-order valence-corrected chi connectivity index (χ1v) is 7.57. The van der Waals surface area contributed by atoms with Gasteiger partial charge in [-0.05, 0) is 50.3 Å². The Balaban J connectivity index is 2.25. The minimum Gasteiger partial charge on any atom is -0.322 e. The Kier molecular flexibility index (Phi) is 5.15. The van der Waals surface area contributed by atoms with Crippen molar-refractivity contribution in [2.24, 2.45) is 0 Å². The fourth-order valence-corrected chi connectivity index (χ4v) is 2.51. The summed E-state index contributed by atoms with van der Waals surface area (Å²) in [4.78, 5) is 14.6. The average molecular weight is 347 g/mol. The zero-order valence-electron chi connectivity index (χ0n) is 12.5. The zero-order valence-corrected chi connectivity index (χ0v) is 14.1. The fraction of sp³-hybridized carbons (Fsp3) is 0.235. The molecule has 0 heterocycles. The summed E-state index contributed by atoms with van der Waals surface area (Å²) in [5.74, 6) is -0.0833. The number of nitrogens with zero attached hydrogens (tertiary/aromatic N) is 1. The number of carbonyl (C=O) groups excluding carboxylic acids is 1. The topological polar surface area (TPSA) is 32.3 Å². The van der Waals surface area contributed by atoms with Gasteiger partial charge in [0.2, 0.25) is 0 Å². The van der Waals surface area contributed by atoms with Gasteiger partial charge in [-0.25, -0.2) is 0 Å². The van der Waals surface area contributed by atoms with Crippen molar-refractivity contribution in [2.75, 3.05) is 19.4 Å². The van der Waals surface area contributed by atoms with Crippen LogP contribution in [0.2, 0.25) is 0 Å². The number of halogens is 1. The van der Waals surface area contributed by atoms with Crippen molar-refractivity contribution in [1.29, 1.82) is 0 Å². The summed E-state index contributed by atoms with van der Waals surface area (Å²) in [6, 6.07) is 13.6. The summed E-state index contributed by atoms with van der Waals surface area (Å²) in [6.45, 7) is 2.72. The van der Waals surface area contributed by atoms with Crippen LogP contribution >= 0.6 is 15.9 Å². The minimum absolute atomic E-state index is 0.0833. The SMILES string of the molecule is Cc1ccc(Br)cc1C(=O)Nc1ccccc1CN(C)C. The summed E-state index contributed by atoms with van der Waals surface area (Å²) in [5.41, 5.74) is 3.60. The van der Waals surface area contributed by atoms with Crippen LogP contribution in [-0.2, 0) is 6.54 Å². The van der Waals surface area contributed by atoms with E-state index in [4.69, 9.17) is 0 Å². The van der Waals surface area contributed by atoms with E-state index in [0.29, 0.717) is 5.56 Å². The number of para-hydroxylation sites is 1. The molecule has 0 bridgehead atoms. The van der Waals surface area contributed by atoms with Gasteiger partial charge in [-0.15, -0.1) is 0 Å². The van der Waals surface area contributed by atoms with E-state index in [1.54, 1.807) is 0 Å². The van der Waals surface area contributed by atoms with Gasteiger partial charge in [-0.3, -0.25) is 4.79 Å². The Hall–Kier alpha value is -1.65. The molecule has 2 aromatic rings. The van der Waals surface area contributed by atoms with Gasteiger partial charge in [-0.1, -0.05) is 40.2 Å². The highest BCUT2D eigenvalue weighted by Crippen LogP contribution is 2.20. The summed E-state index contributed by atoms with van der Waals surface area (Å²) in [6.07, 6.45) is 0. The zero-order chi connectivity index (χ0) is 15.4. The molecule has 0 aliphatic carbocycles. The predicted octanol–water partition coefficient (Wildman–Crippen LogP) is 4.07. The molecule has 0 aliphatic heterocycles. The van der Waals surface area contributed by atoms with Crippen LogP contribution in [0, 0.1) is 6.92 Å². The second-order valence-electron chi connectivity index (χ2n) is 5.31. The standard InChI is InChI=1S/C17H19BrN2O/c1-12-8-9-14(18)10-15(12)17(21)19-16-7-5-4-6-13(16)11-20(2)3/h4-10H,11H2,1-3H3,(H,19,21). The first kappa shape index (κ1) is 15.7. The molecule has 0 spiro atoms. The van der Waals surface area contributed by atoms with E-state index in [2.05, 4.69) is 26.1 Å². The van der Waals surface area contributed by atoms with E-state index >= 15 is 0 Å². The maximum atomic E-state index is 12.5. The molecule has 21 heavy (non-hydrogen) atoms. The highest BCUT2D eigenvalue weighted by Gasteiger charge is 2.12.